The molecule has 0 radical (unpaired) electrons. The molecule has 4 rings (SSSR count). The monoisotopic (exact) mass is 354 g/mol. The fourth-order valence-corrected chi connectivity index (χ4v) is 4.50. The highest BCUT2D eigenvalue weighted by Gasteiger charge is 2.36. The molecule has 0 saturated carbocycles. The number of nitrogens with zero attached hydrogens (tertiary/aromatic N) is 3. The van der Waals surface area contributed by atoms with Crippen molar-refractivity contribution < 1.29 is 4.74 Å². The summed E-state index contributed by atoms with van der Waals surface area (Å²) in [5.41, 5.74) is 4.31. The highest BCUT2D eigenvalue weighted by Crippen LogP contribution is 2.33. The second-order valence-corrected chi connectivity index (χ2v) is 7.58. The Morgan fingerprint density at radius 1 is 1.35 bits per heavy atom. The third-order valence-electron chi connectivity index (χ3n) is 5.93. The van der Waals surface area contributed by atoms with Gasteiger partial charge in [0, 0.05) is 38.6 Å². The van der Waals surface area contributed by atoms with Gasteiger partial charge in [-0.2, -0.15) is 0 Å². The lowest BCUT2D eigenvalue weighted by atomic mass is 10.0. The van der Waals surface area contributed by atoms with Gasteiger partial charge in [-0.25, -0.2) is 4.98 Å². The number of aryl methyl sites for hydroxylation is 3. The van der Waals surface area contributed by atoms with E-state index in [9.17, 15) is 0 Å². The molecule has 1 aromatic heterocycles. The van der Waals surface area contributed by atoms with Gasteiger partial charge in [-0.1, -0.05) is 30.7 Å². The van der Waals surface area contributed by atoms with E-state index in [4.69, 9.17) is 4.74 Å². The van der Waals surface area contributed by atoms with Gasteiger partial charge >= 0.3 is 0 Å². The Morgan fingerprint density at radius 2 is 2.23 bits per heavy atom. The number of benzene rings is 1. The van der Waals surface area contributed by atoms with Crippen LogP contribution < -0.4 is 5.32 Å². The third kappa shape index (κ3) is 3.31. The van der Waals surface area contributed by atoms with Crippen LogP contribution in [0.3, 0.4) is 0 Å². The minimum absolute atomic E-state index is 0.124. The van der Waals surface area contributed by atoms with Crippen LogP contribution in [0, 0.1) is 6.92 Å². The van der Waals surface area contributed by atoms with Gasteiger partial charge in [-0.3, -0.25) is 4.90 Å². The SMILES string of the molecule is CCN1CCO[C@@H](CNC2CCc3ccc(C)cc32)[C@@H]1c1nccn1C. The van der Waals surface area contributed by atoms with Crippen LogP contribution in [0.4, 0.5) is 0 Å². The summed E-state index contributed by atoms with van der Waals surface area (Å²) in [5.74, 6) is 1.10. The summed E-state index contributed by atoms with van der Waals surface area (Å²) in [6, 6.07) is 7.50. The predicted octanol–water partition coefficient (Wildman–Crippen LogP) is 2.77. The van der Waals surface area contributed by atoms with Gasteiger partial charge in [0.15, 0.2) is 0 Å². The number of rotatable bonds is 5. The van der Waals surface area contributed by atoms with Crippen molar-refractivity contribution in [2.75, 3.05) is 26.2 Å². The van der Waals surface area contributed by atoms with Crippen LogP contribution in [0.25, 0.3) is 0 Å². The van der Waals surface area contributed by atoms with Crippen LogP contribution >= 0.6 is 0 Å². The first kappa shape index (κ1) is 17.7. The molecule has 3 atom stereocenters. The smallest absolute Gasteiger partial charge is 0.128 e. The summed E-state index contributed by atoms with van der Waals surface area (Å²) < 4.78 is 8.34. The molecule has 140 valence electrons. The number of aromatic nitrogens is 2. The van der Waals surface area contributed by atoms with Crippen molar-refractivity contribution in [3.8, 4) is 0 Å². The highest BCUT2D eigenvalue weighted by atomic mass is 16.5. The topological polar surface area (TPSA) is 42.3 Å². The number of imidazole rings is 1. The largest absolute Gasteiger partial charge is 0.373 e. The van der Waals surface area contributed by atoms with Crippen molar-refractivity contribution in [2.45, 2.75) is 44.9 Å². The van der Waals surface area contributed by atoms with E-state index in [2.05, 4.69) is 58.9 Å². The standard InChI is InChI=1S/C21H30N4O/c1-4-25-11-12-26-19(20(25)21-22-9-10-24(21)3)14-23-18-8-7-16-6-5-15(2)13-17(16)18/h5-6,9-10,13,18-20,23H,4,7-8,11-12,14H2,1-3H3/t18?,19-,20+/m0/s1. The summed E-state index contributed by atoms with van der Waals surface area (Å²) in [7, 11) is 2.07. The molecule has 1 aromatic carbocycles. The van der Waals surface area contributed by atoms with Crippen LogP contribution in [0.2, 0.25) is 0 Å². The predicted molar refractivity (Wildman–Crippen MR) is 103 cm³/mol. The first-order valence-corrected chi connectivity index (χ1v) is 9.83. The molecule has 2 aliphatic rings. The normalized spacial score (nSPS) is 26.2. The Balaban J connectivity index is 1.50. The van der Waals surface area contributed by atoms with E-state index in [0.29, 0.717) is 6.04 Å². The number of ether oxygens (including phenoxy) is 1. The Hall–Kier alpha value is -1.69. The number of nitrogens with one attached hydrogen (secondary N) is 1. The van der Waals surface area contributed by atoms with Gasteiger partial charge < -0.3 is 14.6 Å². The molecule has 0 bridgehead atoms. The van der Waals surface area contributed by atoms with Gasteiger partial charge in [0.2, 0.25) is 0 Å². The maximum Gasteiger partial charge on any atom is 0.128 e. The first-order chi connectivity index (χ1) is 12.7. The minimum atomic E-state index is 0.124. The van der Waals surface area contributed by atoms with E-state index in [-0.39, 0.29) is 12.1 Å². The van der Waals surface area contributed by atoms with Gasteiger partial charge in [-0.05, 0) is 37.4 Å². The molecule has 1 N–H and O–H groups in total. The van der Waals surface area contributed by atoms with Crippen LogP contribution in [0.1, 0.15) is 47.9 Å². The fourth-order valence-electron chi connectivity index (χ4n) is 4.50. The van der Waals surface area contributed by atoms with Gasteiger partial charge in [0.25, 0.3) is 0 Å². The van der Waals surface area contributed by atoms with E-state index in [1.807, 2.05) is 12.4 Å². The average Bonchev–Trinajstić information content (AvgIpc) is 3.25. The van der Waals surface area contributed by atoms with Gasteiger partial charge in [0.1, 0.15) is 5.82 Å². The lowest BCUT2D eigenvalue weighted by molar-refractivity contribution is -0.0737. The van der Waals surface area contributed by atoms with Crippen molar-refractivity contribution in [3.05, 3.63) is 53.1 Å². The quantitative estimate of drug-likeness (QED) is 0.897. The molecule has 2 aromatic rings. The third-order valence-corrected chi connectivity index (χ3v) is 5.93. The summed E-state index contributed by atoms with van der Waals surface area (Å²) in [6.45, 7) is 8.03. The van der Waals surface area contributed by atoms with E-state index < -0.39 is 0 Å². The molecule has 1 aliphatic heterocycles. The van der Waals surface area contributed by atoms with Gasteiger partial charge in [-0.15, -0.1) is 0 Å². The van der Waals surface area contributed by atoms with Crippen LogP contribution in [-0.2, 0) is 18.2 Å². The minimum Gasteiger partial charge on any atom is -0.373 e. The second kappa shape index (κ2) is 7.51. The van der Waals surface area contributed by atoms with E-state index in [0.717, 1.165) is 32.1 Å². The molecule has 1 saturated heterocycles. The van der Waals surface area contributed by atoms with Gasteiger partial charge in [0.05, 0.1) is 18.8 Å². The van der Waals surface area contributed by atoms with E-state index in [1.165, 1.54) is 29.5 Å². The maximum atomic E-state index is 6.22. The fraction of sp³-hybridized carbons (Fsp3) is 0.571. The average molecular weight is 354 g/mol. The molecule has 1 unspecified atom stereocenters. The van der Waals surface area contributed by atoms with Crippen molar-refractivity contribution in [3.63, 3.8) is 0 Å². The van der Waals surface area contributed by atoms with Crippen molar-refractivity contribution >= 4 is 0 Å². The van der Waals surface area contributed by atoms with Crippen LogP contribution in [0.15, 0.2) is 30.6 Å². The Labute approximate surface area is 156 Å². The number of likely N-dealkylation sites (N-methyl/N-ethyl adjacent to an activating group) is 1. The van der Waals surface area contributed by atoms with Crippen molar-refractivity contribution in [1.82, 2.24) is 19.8 Å². The van der Waals surface area contributed by atoms with Crippen LogP contribution in [0.5, 0.6) is 0 Å². The second-order valence-electron chi connectivity index (χ2n) is 7.58. The summed E-state index contributed by atoms with van der Waals surface area (Å²) in [5, 5.41) is 3.80. The number of morpholine rings is 1. The Bertz CT molecular complexity index is 756. The van der Waals surface area contributed by atoms with Crippen LogP contribution in [-0.4, -0.2) is 46.8 Å². The number of fused-ring (bicyclic) bond motifs is 1. The van der Waals surface area contributed by atoms with Crippen molar-refractivity contribution in [2.24, 2.45) is 7.05 Å². The lowest BCUT2D eigenvalue weighted by Gasteiger charge is -2.40. The lowest BCUT2D eigenvalue weighted by Crippen LogP contribution is -2.50. The zero-order valence-electron chi connectivity index (χ0n) is 16.1. The first-order valence-electron chi connectivity index (χ1n) is 9.83. The molecule has 1 fully saturated rings. The Kier molecular flexibility index (Phi) is 5.11. The zero-order chi connectivity index (χ0) is 18.1. The molecule has 1 aliphatic carbocycles. The number of hydrogen-bond donors (Lipinski definition) is 1. The maximum absolute atomic E-state index is 6.22. The molecule has 5 heteroatoms. The summed E-state index contributed by atoms with van der Waals surface area (Å²) >= 11 is 0. The highest BCUT2D eigenvalue weighted by molar-refractivity contribution is 5.37. The summed E-state index contributed by atoms with van der Waals surface area (Å²) in [6.07, 6.45) is 6.38. The van der Waals surface area contributed by atoms with Crippen molar-refractivity contribution in [1.29, 1.82) is 0 Å². The zero-order valence-corrected chi connectivity index (χ0v) is 16.1. The van der Waals surface area contributed by atoms with E-state index in [1.54, 1.807) is 0 Å². The summed E-state index contributed by atoms with van der Waals surface area (Å²) in [4.78, 5) is 7.12. The molecule has 2 heterocycles. The number of hydrogen-bond acceptors (Lipinski definition) is 4. The Morgan fingerprint density at radius 3 is 3.00 bits per heavy atom. The molecule has 5 nitrogen and oxygen atoms in total. The molecule has 0 amide bonds. The molecule has 0 spiro atoms. The molecular formula is C21H30N4O. The van der Waals surface area contributed by atoms with E-state index >= 15 is 0 Å². The molecule has 26 heavy (non-hydrogen) atoms. The molecular weight excluding hydrogens is 324 g/mol.